The molecular weight excluding hydrogens is 248 g/mol. The van der Waals surface area contributed by atoms with E-state index in [2.05, 4.69) is 10.6 Å². The minimum Gasteiger partial charge on any atom is -0.392 e. The number of aliphatic hydroxyl groups excluding tert-OH is 1. The summed E-state index contributed by atoms with van der Waals surface area (Å²) in [6.07, 6.45) is -0.434. The molecule has 0 saturated heterocycles. The van der Waals surface area contributed by atoms with Crippen LogP contribution < -0.4 is 10.6 Å². The highest BCUT2D eigenvalue weighted by Gasteiger charge is 2.13. The van der Waals surface area contributed by atoms with Crippen LogP contribution in [-0.2, 0) is 0 Å². The summed E-state index contributed by atoms with van der Waals surface area (Å²) in [7, 11) is 0. The van der Waals surface area contributed by atoms with Gasteiger partial charge in [-0.05, 0) is 19.1 Å². The van der Waals surface area contributed by atoms with Crippen molar-refractivity contribution in [3.8, 4) is 6.07 Å². The van der Waals surface area contributed by atoms with Crippen LogP contribution in [0.1, 0.15) is 12.5 Å². The molecule has 7 heteroatoms. The fourth-order valence-corrected chi connectivity index (χ4v) is 1.50. The molecule has 1 atom stereocenters. The summed E-state index contributed by atoms with van der Waals surface area (Å²) < 4.78 is 0. The first-order chi connectivity index (χ1) is 9.04. The predicted octanol–water partition coefficient (Wildman–Crippen LogP) is 0.849. The summed E-state index contributed by atoms with van der Waals surface area (Å²) in [5.74, 6) is 0. The quantitative estimate of drug-likeness (QED) is 0.382. The number of hydrogen-bond acceptors (Lipinski definition) is 6. The van der Waals surface area contributed by atoms with Crippen LogP contribution in [0.4, 0.5) is 11.4 Å². The van der Waals surface area contributed by atoms with Gasteiger partial charge in [-0.1, -0.05) is 0 Å². The summed E-state index contributed by atoms with van der Waals surface area (Å²) in [5, 5.41) is 34.5. The van der Waals surface area contributed by atoms with Gasteiger partial charge in [0.15, 0.2) is 0 Å². The van der Waals surface area contributed by atoms with E-state index in [9.17, 15) is 10.1 Å². The third-order valence-corrected chi connectivity index (χ3v) is 2.38. The monoisotopic (exact) mass is 264 g/mol. The molecular formula is C12H16N4O3. The highest BCUT2D eigenvalue weighted by molar-refractivity contribution is 5.64. The second-order valence-electron chi connectivity index (χ2n) is 4.08. The molecule has 0 radical (unpaired) electrons. The van der Waals surface area contributed by atoms with Crippen molar-refractivity contribution in [2.45, 2.75) is 13.0 Å². The smallest absolute Gasteiger partial charge is 0.292 e. The Morgan fingerprint density at radius 3 is 2.84 bits per heavy atom. The summed E-state index contributed by atoms with van der Waals surface area (Å²) in [5.41, 5.74) is 0.627. The standard InChI is InChI=1S/C12H16N4O3/c1-9(17)8-14-4-5-15-11-6-10(7-13)2-3-12(11)16(18)19/h2-3,6,9,14-15,17H,4-5,8H2,1H3. The summed E-state index contributed by atoms with van der Waals surface area (Å²) in [6, 6.07) is 6.11. The van der Waals surface area contributed by atoms with Crippen LogP contribution in [0.25, 0.3) is 0 Å². The fourth-order valence-electron chi connectivity index (χ4n) is 1.50. The van der Waals surface area contributed by atoms with Crippen molar-refractivity contribution in [3.63, 3.8) is 0 Å². The lowest BCUT2D eigenvalue weighted by Gasteiger charge is -2.09. The lowest BCUT2D eigenvalue weighted by molar-refractivity contribution is -0.384. The maximum atomic E-state index is 10.8. The van der Waals surface area contributed by atoms with Crippen LogP contribution in [0.3, 0.4) is 0 Å². The average molecular weight is 264 g/mol. The number of nitrogens with zero attached hydrogens (tertiary/aromatic N) is 2. The molecule has 0 aliphatic carbocycles. The molecule has 0 amide bonds. The van der Waals surface area contributed by atoms with Crippen molar-refractivity contribution < 1.29 is 10.0 Å². The minimum absolute atomic E-state index is 0.0606. The highest BCUT2D eigenvalue weighted by Crippen LogP contribution is 2.24. The number of rotatable bonds is 7. The number of benzene rings is 1. The molecule has 0 spiro atoms. The van der Waals surface area contributed by atoms with Gasteiger partial charge < -0.3 is 15.7 Å². The third-order valence-electron chi connectivity index (χ3n) is 2.38. The molecule has 7 nitrogen and oxygen atoms in total. The molecule has 0 fully saturated rings. The molecule has 1 unspecified atom stereocenters. The molecule has 3 N–H and O–H groups in total. The zero-order valence-electron chi connectivity index (χ0n) is 10.6. The second-order valence-corrected chi connectivity index (χ2v) is 4.08. The SMILES string of the molecule is CC(O)CNCCNc1cc(C#N)ccc1[N+](=O)[O-]. The van der Waals surface area contributed by atoms with Gasteiger partial charge in [-0.25, -0.2) is 0 Å². The number of nitrogens with one attached hydrogen (secondary N) is 2. The normalized spacial score (nSPS) is 11.6. The molecule has 1 rings (SSSR count). The van der Waals surface area contributed by atoms with Gasteiger partial charge in [0.25, 0.3) is 5.69 Å². The van der Waals surface area contributed by atoms with Gasteiger partial charge in [-0.15, -0.1) is 0 Å². The molecule has 0 aliphatic heterocycles. The first-order valence-electron chi connectivity index (χ1n) is 5.85. The van der Waals surface area contributed by atoms with Gasteiger partial charge in [-0.2, -0.15) is 5.26 Å². The summed E-state index contributed by atoms with van der Waals surface area (Å²) in [4.78, 5) is 10.3. The molecule has 0 bridgehead atoms. The van der Waals surface area contributed by atoms with Crippen LogP contribution in [0.5, 0.6) is 0 Å². The van der Waals surface area contributed by atoms with Crippen LogP contribution >= 0.6 is 0 Å². The third kappa shape index (κ3) is 4.91. The Labute approximate surface area is 111 Å². The maximum absolute atomic E-state index is 10.8. The van der Waals surface area contributed by atoms with Gasteiger partial charge >= 0.3 is 0 Å². The Balaban J connectivity index is 2.60. The van der Waals surface area contributed by atoms with Crippen LogP contribution in [0, 0.1) is 21.4 Å². The van der Waals surface area contributed by atoms with Crippen LogP contribution in [0.2, 0.25) is 0 Å². The lowest BCUT2D eigenvalue weighted by atomic mass is 10.2. The molecule has 0 heterocycles. The average Bonchev–Trinajstić information content (AvgIpc) is 2.37. The Kier molecular flexibility index (Phi) is 5.73. The fraction of sp³-hybridized carbons (Fsp3) is 0.417. The first kappa shape index (κ1) is 14.9. The van der Waals surface area contributed by atoms with Crippen molar-refractivity contribution in [3.05, 3.63) is 33.9 Å². The van der Waals surface area contributed by atoms with Gasteiger partial charge in [0.1, 0.15) is 5.69 Å². The summed E-state index contributed by atoms with van der Waals surface area (Å²) >= 11 is 0. The van der Waals surface area contributed by atoms with E-state index >= 15 is 0 Å². The lowest BCUT2D eigenvalue weighted by Crippen LogP contribution is -2.29. The van der Waals surface area contributed by atoms with E-state index in [-0.39, 0.29) is 5.69 Å². The van der Waals surface area contributed by atoms with Crippen molar-refractivity contribution in [2.75, 3.05) is 25.0 Å². The van der Waals surface area contributed by atoms with E-state index in [4.69, 9.17) is 10.4 Å². The van der Waals surface area contributed by atoms with E-state index in [1.807, 2.05) is 6.07 Å². The summed E-state index contributed by atoms with van der Waals surface area (Å²) in [6.45, 7) is 3.14. The van der Waals surface area contributed by atoms with Gasteiger partial charge in [-0.3, -0.25) is 10.1 Å². The molecule has 0 aliphatic rings. The number of nitriles is 1. The van der Waals surface area contributed by atoms with E-state index < -0.39 is 11.0 Å². The van der Waals surface area contributed by atoms with Crippen molar-refractivity contribution in [1.29, 1.82) is 5.26 Å². The Bertz CT molecular complexity index is 482. The van der Waals surface area contributed by atoms with E-state index in [1.54, 1.807) is 6.92 Å². The van der Waals surface area contributed by atoms with Crippen LogP contribution in [-0.4, -0.2) is 35.8 Å². The minimum atomic E-state index is -0.493. The number of anilines is 1. The van der Waals surface area contributed by atoms with Crippen molar-refractivity contribution in [2.24, 2.45) is 0 Å². The van der Waals surface area contributed by atoms with E-state index in [0.717, 1.165) is 0 Å². The zero-order valence-corrected chi connectivity index (χ0v) is 10.6. The Hall–Kier alpha value is -2.17. The number of aliphatic hydroxyl groups is 1. The van der Waals surface area contributed by atoms with Gasteiger partial charge in [0.2, 0.25) is 0 Å². The maximum Gasteiger partial charge on any atom is 0.292 e. The number of nitro groups is 1. The second kappa shape index (κ2) is 7.31. The van der Waals surface area contributed by atoms with Crippen LogP contribution in [0.15, 0.2) is 18.2 Å². The van der Waals surface area contributed by atoms with E-state index in [1.165, 1.54) is 18.2 Å². The largest absolute Gasteiger partial charge is 0.392 e. The van der Waals surface area contributed by atoms with Crippen molar-refractivity contribution >= 4 is 11.4 Å². The highest BCUT2D eigenvalue weighted by atomic mass is 16.6. The first-order valence-corrected chi connectivity index (χ1v) is 5.85. The Morgan fingerprint density at radius 2 is 2.26 bits per heavy atom. The predicted molar refractivity (Wildman–Crippen MR) is 70.9 cm³/mol. The molecule has 0 aromatic heterocycles. The molecule has 19 heavy (non-hydrogen) atoms. The molecule has 1 aromatic rings. The number of nitro benzene ring substituents is 1. The van der Waals surface area contributed by atoms with Gasteiger partial charge in [0.05, 0.1) is 22.7 Å². The molecule has 0 saturated carbocycles. The number of hydrogen-bond donors (Lipinski definition) is 3. The molecule has 102 valence electrons. The molecule has 1 aromatic carbocycles. The topological polar surface area (TPSA) is 111 Å². The van der Waals surface area contributed by atoms with E-state index in [0.29, 0.717) is 30.9 Å². The zero-order chi connectivity index (χ0) is 14.3. The Morgan fingerprint density at radius 1 is 1.53 bits per heavy atom. The van der Waals surface area contributed by atoms with Gasteiger partial charge in [0, 0.05) is 25.7 Å². The van der Waals surface area contributed by atoms with Crippen molar-refractivity contribution in [1.82, 2.24) is 5.32 Å².